The van der Waals surface area contributed by atoms with E-state index in [1.165, 1.54) is 6.11 Å². The maximum atomic E-state index is 12.1. The second kappa shape index (κ2) is 10.6. The number of aliphatic hydroxyl groups is 1. The molecule has 0 spiro atoms. The predicted molar refractivity (Wildman–Crippen MR) is 104 cm³/mol. The summed E-state index contributed by atoms with van der Waals surface area (Å²) in [7, 11) is 0.608. The Morgan fingerprint density at radius 1 is 1.04 bits per heavy atom. The van der Waals surface area contributed by atoms with Gasteiger partial charge in [-0.1, -0.05) is 0 Å². The maximum absolute atomic E-state index is 12.1. The predicted octanol–water partition coefficient (Wildman–Crippen LogP) is 2.87. The van der Waals surface area contributed by atoms with Crippen LogP contribution in [0.5, 0.6) is 0 Å². The van der Waals surface area contributed by atoms with Crippen LogP contribution in [0, 0.1) is 5.92 Å². The van der Waals surface area contributed by atoms with Crippen molar-refractivity contribution in [1.82, 2.24) is 0 Å². The van der Waals surface area contributed by atoms with Gasteiger partial charge in [-0.05, 0) is 0 Å². The first-order chi connectivity index (χ1) is 12.6. The van der Waals surface area contributed by atoms with E-state index < -0.39 is 12.1 Å². The third-order valence-electron chi connectivity index (χ3n) is 4.50. The number of hydrogen-bond acceptors (Lipinski definition) is 4. The molecule has 0 heterocycles. The summed E-state index contributed by atoms with van der Waals surface area (Å²) in [6.07, 6.45) is 1.80. The Balaban J connectivity index is 2.09. The van der Waals surface area contributed by atoms with Crippen LogP contribution in [0.2, 0.25) is 0 Å². The van der Waals surface area contributed by atoms with E-state index in [4.69, 9.17) is 0 Å². The van der Waals surface area contributed by atoms with Gasteiger partial charge in [0.1, 0.15) is 0 Å². The van der Waals surface area contributed by atoms with Crippen LogP contribution in [0.4, 0.5) is 0 Å². The fourth-order valence-corrected chi connectivity index (χ4v) is 3.03. The summed E-state index contributed by atoms with van der Waals surface area (Å²) in [5.74, 6) is -0.233. The van der Waals surface area contributed by atoms with Gasteiger partial charge in [0.15, 0.2) is 0 Å². The molecule has 0 bridgehead atoms. The minimum absolute atomic E-state index is 0.0470. The molecule has 0 fully saturated rings. The Kier molecular flexibility index (Phi) is 8.09. The molecule has 26 heavy (non-hydrogen) atoms. The van der Waals surface area contributed by atoms with Gasteiger partial charge >= 0.3 is 155 Å². The van der Waals surface area contributed by atoms with Gasteiger partial charge in [0.25, 0.3) is 0 Å². The van der Waals surface area contributed by atoms with E-state index in [-0.39, 0.29) is 11.7 Å². The normalized spacial score (nSPS) is 14.5. The molecule has 134 valence electrons. The van der Waals surface area contributed by atoms with Crippen molar-refractivity contribution in [1.29, 1.82) is 0 Å². The molecule has 2 rings (SSSR count). The number of aliphatic hydroxyl groups excluding tert-OH is 1. The Bertz CT molecular complexity index is 719. The fraction of sp³-hybridized carbons (Fsp3) is 0.333. The molecule has 0 radical (unpaired) electrons. The summed E-state index contributed by atoms with van der Waals surface area (Å²) >= 11 is 0. The summed E-state index contributed by atoms with van der Waals surface area (Å²) in [4.78, 5) is 16.3. The first-order valence-electron chi connectivity index (χ1n) is 8.83. The molecule has 5 heteroatoms. The van der Waals surface area contributed by atoms with Crippen LogP contribution < -0.4 is 0 Å². The number of carbonyl (C=O) groups excluding carboxylic acids is 1. The molecular formula is C21H24BNO3. The molecule has 3 unspecified atom stereocenters. The summed E-state index contributed by atoms with van der Waals surface area (Å²) in [5.41, 5.74) is 2.10. The molecule has 2 aromatic rings. The van der Waals surface area contributed by atoms with Gasteiger partial charge in [-0.25, -0.2) is 0 Å². The third-order valence-corrected chi connectivity index (χ3v) is 4.50. The molecule has 0 aliphatic rings. The standard InChI is InChI=1S/C21H24BNO3/c1-16(24)19(12-17-8-4-2-5-9-17)14-21(25)20(23-15-22-26)13-18-10-6-3-7-11-18/h2-11,15,19-21,25H,12-14H2,1H3. The zero-order chi connectivity index (χ0) is 18.8. The van der Waals surface area contributed by atoms with Gasteiger partial charge in [-0.15, -0.1) is 0 Å². The molecule has 1 N–H and O–H groups in total. The zero-order valence-electron chi connectivity index (χ0n) is 15.0. The first-order valence-corrected chi connectivity index (χ1v) is 8.83. The van der Waals surface area contributed by atoms with Crippen LogP contribution in [-0.4, -0.2) is 36.3 Å². The molecule has 4 nitrogen and oxygen atoms in total. The monoisotopic (exact) mass is 349 g/mol. The van der Waals surface area contributed by atoms with Crippen LogP contribution in [0.3, 0.4) is 0 Å². The van der Waals surface area contributed by atoms with Crippen molar-refractivity contribution < 1.29 is 14.6 Å². The molecule has 0 amide bonds. The molecule has 0 aliphatic carbocycles. The fourth-order valence-electron chi connectivity index (χ4n) is 3.03. The number of benzene rings is 2. The quantitative estimate of drug-likeness (QED) is 0.530. The van der Waals surface area contributed by atoms with Crippen LogP contribution in [-0.2, 0) is 22.3 Å². The SMILES string of the molecule is CC(=O)C(Cc1ccccc1)CC(O)C(Cc1ccccc1)N=CB=O. The van der Waals surface area contributed by atoms with Crippen molar-refractivity contribution in [2.75, 3.05) is 0 Å². The summed E-state index contributed by atoms with van der Waals surface area (Å²) in [6, 6.07) is 19.0. The van der Waals surface area contributed by atoms with Crippen LogP contribution in [0.25, 0.3) is 0 Å². The average Bonchev–Trinajstić information content (AvgIpc) is 2.66. The zero-order valence-corrected chi connectivity index (χ0v) is 15.0. The molecular weight excluding hydrogens is 325 g/mol. The van der Waals surface area contributed by atoms with Crippen molar-refractivity contribution in [3.63, 3.8) is 0 Å². The van der Waals surface area contributed by atoms with Crippen molar-refractivity contribution >= 4 is 19.0 Å². The van der Waals surface area contributed by atoms with Gasteiger partial charge in [0.2, 0.25) is 0 Å². The average molecular weight is 349 g/mol. The molecule has 2 aromatic carbocycles. The van der Waals surface area contributed by atoms with E-state index in [1.54, 1.807) is 6.92 Å². The molecule has 3 atom stereocenters. The minimum atomic E-state index is -0.802. The third kappa shape index (κ3) is 6.49. The Morgan fingerprint density at radius 2 is 1.58 bits per heavy atom. The second-order valence-corrected chi connectivity index (χ2v) is 6.49. The first kappa shape index (κ1) is 19.9. The Labute approximate surface area is 155 Å². The van der Waals surface area contributed by atoms with E-state index in [9.17, 15) is 14.6 Å². The Morgan fingerprint density at radius 3 is 2.08 bits per heavy atom. The van der Waals surface area contributed by atoms with Crippen molar-refractivity contribution in [3.05, 3.63) is 71.8 Å². The number of aliphatic imine (C=N–C) groups is 1. The number of rotatable bonds is 10. The molecule has 0 aliphatic heterocycles. The summed E-state index contributed by atoms with van der Waals surface area (Å²) in [6.45, 7) is 1.56. The van der Waals surface area contributed by atoms with E-state index in [0.29, 0.717) is 26.4 Å². The van der Waals surface area contributed by atoms with Crippen molar-refractivity contribution in [2.24, 2.45) is 10.9 Å². The Hall–Kier alpha value is -2.40. The van der Waals surface area contributed by atoms with Crippen molar-refractivity contribution in [3.8, 4) is 0 Å². The van der Waals surface area contributed by atoms with Crippen LogP contribution in [0.15, 0.2) is 65.7 Å². The number of hydrogen-bond donors (Lipinski definition) is 1. The topological polar surface area (TPSA) is 66.7 Å². The summed E-state index contributed by atoms with van der Waals surface area (Å²) in [5, 5.41) is 10.7. The number of Topliss-reactive ketones (excluding diaryl/α,β-unsaturated/α-hetero) is 1. The van der Waals surface area contributed by atoms with E-state index in [1.807, 2.05) is 60.7 Å². The number of ketones is 1. The summed E-state index contributed by atoms with van der Waals surface area (Å²) < 4.78 is 10.7. The van der Waals surface area contributed by atoms with Gasteiger partial charge in [0.05, 0.1) is 0 Å². The van der Waals surface area contributed by atoms with Gasteiger partial charge in [0, 0.05) is 0 Å². The van der Waals surface area contributed by atoms with E-state index in [0.717, 1.165) is 11.1 Å². The van der Waals surface area contributed by atoms with Crippen molar-refractivity contribution in [2.45, 2.75) is 38.3 Å². The van der Waals surface area contributed by atoms with Gasteiger partial charge in [-0.3, -0.25) is 0 Å². The van der Waals surface area contributed by atoms with Crippen LogP contribution >= 0.6 is 0 Å². The molecule has 0 aromatic heterocycles. The molecule has 0 saturated carbocycles. The second-order valence-electron chi connectivity index (χ2n) is 6.49. The van der Waals surface area contributed by atoms with Gasteiger partial charge in [-0.2, -0.15) is 0 Å². The van der Waals surface area contributed by atoms with Gasteiger partial charge < -0.3 is 0 Å². The van der Waals surface area contributed by atoms with E-state index in [2.05, 4.69) is 4.99 Å². The number of nitrogens with zero attached hydrogens (tertiary/aromatic N) is 1. The molecule has 0 saturated heterocycles. The number of carbonyl (C=O) groups is 1. The van der Waals surface area contributed by atoms with E-state index >= 15 is 0 Å². The van der Waals surface area contributed by atoms with Crippen LogP contribution in [0.1, 0.15) is 24.5 Å².